The van der Waals surface area contributed by atoms with E-state index in [9.17, 15) is 9.59 Å². The molecule has 1 atom stereocenters. The summed E-state index contributed by atoms with van der Waals surface area (Å²) >= 11 is 14.8. The second-order valence-electron chi connectivity index (χ2n) is 7.65. The van der Waals surface area contributed by atoms with E-state index in [-0.39, 0.29) is 17.1 Å². The first-order valence-electron chi connectivity index (χ1n) is 10.7. The lowest BCUT2D eigenvalue weighted by Gasteiger charge is -2.11. The van der Waals surface area contributed by atoms with Crippen LogP contribution >= 0.6 is 46.3 Å². The standard InChI is InChI=1S/C26H21Cl2N3O2S2/c1-16(25(33)31-26-30-23(15-34-26)18-7-12-21(27)22(28)14-18)35-20-10-8-19(9-11-20)29-24(32)13-17-5-3-2-4-6-17/h2-12,14-16H,13H2,1H3,(H,29,32)(H,30,31,33). The third-order valence-corrected chi connectivity index (χ3v) is 7.59. The lowest BCUT2D eigenvalue weighted by molar-refractivity contribution is -0.116. The number of thioether (sulfide) groups is 1. The molecule has 1 heterocycles. The van der Waals surface area contributed by atoms with Crippen molar-refractivity contribution in [2.45, 2.75) is 23.5 Å². The summed E-state index contributed by atoms with van der Waals surface area (Å²) in [5.74, 6) is -0.224. The predicted octanol–water partition coefficient (Wildman–Crippen LogP) is 7.42. The molecule has 2 amide bonds. The number of amides is 2. The maximum Gasteiger partial charge on any atom is 0.239 e. The number of aromatic nitrogens is 1. The Morgan fingerprint density at radius 3 is 2.43 bits per heavy atom. The van der Waals surface area contributed by atoms with Crippen LogP contribution in [0.3, 0.4) is 0 Å². The fourth-order valence-electron chi connectivity index (χ4n) is 3.19. The summed E-state index contributed by atoms with van der Waals surface area (Å²) in [7, 11) is 0. The molecule has 0 saturated heterocycles. The minimum absolute atomic E-state index is 0.0759. The molecule has 2 N–H and O–H groups in total. The number of carbonyl (C=O) groups is 2. The predicted molar refractivity (Wildman–Crippen MR) is 147 cm³/mol. The normalized spacial score (nSPS) is 11.6. The van der Waals surface area contributed by atoms with Gasteiger partial charge < -0.3 is 10.6 Å². The highest BCUT2D eigenvalue weighted by atomic mass is 35.5. The molecule has 0 radical (unpaired) electrons. The Hall–Kier alpha value is -2.84. The average Bonchev–Trinajstić information content (AvgIpc) is 3.31. The first-order valence-corrected chi connectivity index (χ1v) is 13.2. The molecule has 4 aromatic rings. The summed E-state index contributed by atoms with van der Waals surface area (Å²) in [5, 5.41) is 8.73. The first kappa shape index (κ1) is 25.3. The van der Waals surface area contributed by atoms with Gasteiger partial charge in [0.25, 0.3) is 0 Å². The van der Waals surface area contributed by atoms with Gasteiger partial charge in [0.2, 0.25) is 11.8 Å². The lowest BCUT2D eigenvalue weighted by atomic mass is 10.1. The number of nitrogens with zero attached hydrogens (tertiary/aromatic N) is 1. The summed E-state index contributed by atoms with van der Waals surface area (Å²) in [5.41, 5.74) is 3.22. The van der Waals surface area contributed by atoms with E-state index >= 15 is 0 Å². The maximum absolute atomic E-state index is 12.7. The maximum atomic E-state index is 12.7. The minimum atomic E-state index is -0.342. The van der Waals surface area contributed by atoms with E-state index < -0.39 is 0 Å². The van der Waals surface area contributed by atoms with Gasteiger partial charge in [0.1, 0.15) is 0 Å². The van der Waals surface area contributed by atoms with Crippen molar-refractivity contribution in [3.8, 4) is 11.3 Å². The summed E-state index contributed by atoms with van der Waals surface area (Å²) in [6.07, 6.45) is 0.318. The number of hydrogen-bond donors (Lipinski definition) is 2. The van der Waals surface area contributed by atoms with Crippen LogP contribution in [0.25, 0.3) is 11.3 Å². The number of hydrogen-bond acceptors (Lipinski definition) is 5. The monoisotopic (exact) mass is 541 g/mol. The van der Waals surface area contributed by atoms with Gasteiger partial charge in [0, 0.05) is 21.5 Å². The number of nitrogens with one attached hydrogen (secondary N) is 2. The van der Waals surface area contributed by atoms with Gasteiger partial charge in [-0.3, -0.25) is 9.59 Å². The highest BCUT2D eigenvalue weighted by molar-refractivity contribution is 8.00. The zero-order valence-corrected chi connectivity index (χ0v) is 21.8. The van der Waals surface area contributed by atoms with Crippen molar-refractivity contribution in [2.75, 3.05) is 10.6 Å². The summed E-state index contributed by atoms with van der Waals surface area (Å²) in [6, 6.07) is 22.3. The van der Waals surface area contributed by atoms with Crippen molar-refractivity contribution < 1.29 is 9.59 Å². The van der Waals surface area contributed by atoms with Gasteiger partial charge in [-0.1, -0.05) is 59.6 Å². The van der Waals surface area contributed by atoms with Crippen LogP contribution in [0.2, 0.25) is 10.0 Å². The second kappa shape index (κ2) is 11.7. The third-order valence-electron chi connectivity index (χ3n) is 4.98. The Bertz CT molecular complexity index is 1330. The first-order chi connectivity index (χ1) is 16.9. The quantitative estimate of drug-likeness (QED) is 0.227. The van der Waals surface area contributed by atoms with E-state index in [4.69, 9.17) is 23.2 Å². The average molecular weight is 543 g/mol. The Morgan fingerprint density at radius 1 is 0.971 bits per heavy atom. The molecule has 0 bridgehead atoms. The summed E-state index contributed by atoms with van der Waals surface area (Å²) in [6.45, 7) is 1.84. The van der Waals surface area contributed by atoms with Crippen LogP contribution < -0.4 is 10.6 Å². The molecular weight excluding hydrogens is 521 g/mol. The number of rotatable bonds is 8. The fourth-order valence-corrected chi connectivity index (χ4v) is 5.08. The molecule has 5 nitrogen and oxygen atoms in total. The lowest BCUT2D eigenvalue weighted by Crippen LogP contribution is -2.22. The van der Waals surface area contributed by atoms with E-state index in [1.165, 1.54) is 23.1 Å². The van der Waals surface area contributed by atoms with Gasteiger partial charge >= 0.3 is 0 Å². The van der Waals surface area contributed by atoms with Crippen molar-refractivity contribution in [3.05, 3.63) is 93.8 Å². The van der Waals surface area contributed by atoms with Crippen molar-refractivity contribution in [1.82, 2.24) is 4.98 Å². The molecule has 0 spiro atoms. The van der Waals surface area contributed by atoms with E-state index in [0.29, 0.717) is 33.0 Å². The van der Waals surface area contributed by atoms with Crippen LogP contribution in [0.5, 0.6) is 0 Å². The largest absolute Gasteiger partial charge is 0.326 e. The molecule has 9 heteroatoms. The van der Waals surface area contributed by atoms with Crippen molar-refractivity contribution >= 4 is 68.9 Å². The second-order valence-corrected chi connectivity index (χ2v) is 10.7. The Morgan fingerprint density at radius 2 is 1.71 bits per heavy atom. The fraction of sp³-hybridized carbons (Fsp3) is 0.115. The zero-order valence-electron chi connectivity index (χ0n) is 18.6. The number of thiazole rings is 1. The van der Waals surface area contributed by atoms with Gasteiger partial charge in [0.05, 0.1) is 27.4 Å². The van der Waals surface area contributed by atoms with Crippen LogP contribution in [0.1, 0.15) is 12.5 Å². The number of carbonyl (C=O) groups excluding carboxylic acids is 2. The molecule has 3 aromatic carbocycles. The minimum Gasteiger partial charge on any atom is -0.326 e. The Kier molecular flexibility index (Phi) is 8.46. The SMILES string of the molecule is CC(Sc1ccc(NC(=O)Cc2ccccc2)cc1)C(=O)Nc1nc(-c2ccc(Cl)c(Cl)c2)cs1. The molecule has 178 valence electrons. The Balaban J connectivity index is 1.29. The van der Waals surface area contributed by atoms with Crippen molar-refractivity contribution in [1.29, 1.82) is 0 Å². The molecule has 0 aliphatic heterocycles. The van der Waals surface area contributed by atoms with Crippen LogP contribution in [-0.4, -0.2) is 22.0 Å². The molecule has 1 unspecified atom stereocenters. The molecular formula is C26H21Cl2N3O2S2. The van der Waals surface area contributed by atoms with Crippen LogP contribution in [0.4, 0.5) is 10.8 Å². The molecule has 0 aliphatic carbocycles. The Labute approximate surface area is 221 Å². The van der Waals surface area contributed by atoms with Crippen LogP contribution in [-0.2, 0) is 16.0 Å². The van der Waals surface area contributed by atoms with Crippen molar-refractivity contribution in [3.63, 3.8) is 0 Å². The molecule has 4 rings (SSSR count). The van der Waals surface area contributed by atoms with Gasteiger partial charge in [-0.05, 0) is 48.9 Å². The van der Waals surface area contributed by atoms with Gasteiger partial charge in [-0.15, -0.1) is 23.1 Å². The number of anilines is 2. The van der Waals surface area contributed by atoms with E-state index in [1.54, 1.807) is 12.1 Å². The molecule has 0 fully saturated rings. The topological polar surface area (TPSA) is 71.1 Å². The summed E-state index contributed by atoms with van der Waals surface area (Å²) in [4.78, 5) is 30.3. The van der Waals surface area contributed by atoms with Gasteiger partial charge in [-0.25, -0.2) is 4.98 Å². The van der Waals surface area contributed by atoms with Gasteiger partial charge in [-0.2, -0.15) is 0 Å². The van der Waals surface area contributed by atoms with E-state index in [1.807, 2.05) is 73.0 Å². The number of halogens is 2. The highest BCUT2D eigenvalue weighted by Crippen LogP contribution is 2.31. The summed E-state index contributed by atoms with van der Waals surface area (Å²) < 4.78 is 0. The van der Waals surface area contributed by atoms with E-state index in [0.717, 1.165) is 16.0 Å². The smallest absolute Gasteiger partial charge is 0.239 e. The molecule has 35 heavy (non-hydrogen) atoms. The molecule has 0 saturated carbocycles. The third kappa shape index (κ3) is 7.08. The van der Waals surface area contributed by atoms with Crippen LogP contribution in [0.15, 0.2) is 83.1 Å². The van der Waals surface area contributed by atoms with Crippen molar-refractivity contribution in [2.24, 2.45) is 0 Å². The van der Waals surface area contributed by atoms with Crippen LogP contribution in [0, 0.1) is 0 Å². The molecule has 1 aromatic heterocycles. The highest BCUT2D eigenvalue weighted by Gasteiger charge is 2.17. The zero-order chi connectivity index (χ0) is 24.8. The number of benzene rings is 3. The van der Waals surface area contributed by atoms with E-state index in [2.05, 4.69) is 15.6 Å². The molecule has 0 aliphatic rings. The van der Waals surface area contributed by atoms with Gasteiger partial charge in [0.15, 0.2) is 5.13 Å².